The molecule has 1 aromatic rings. The zero-order valence-corrected chi connectivity index (χ0v) is 11.9. The molecule has 5 N–H and O–H groups in total. The molecule has 0 saturated carbocycles. The SMILES string of the molecule is COC(=O)C1=CC=CC(C)(c2csc(N=C(N)N)n2)N1. The van der Waals surface area contributed by atoms with Crippen LogP contribution in [0.5, 0.6) is 0 Å². The largest absolute Gasteiger partial charge is 0.464 e. The maximum absolute atomic E-state index is 11.6. The molecule has 8 heteroatoms. The highest BCUT2D eigenvalue weighted by Gasteiger charge is 2.31. The second kappa shape index (κ2) is 5.33. The fourth-order valence-corrected chi connectivity index (χ4v) is 2.57. The van der Waals surface area contributed by atoms with Gasteiger partial charge in [0, 0.05) is 5.38 Å². The minimum Gasteiger partial charge on any atom is -0.464 e. The smallest absolute Gasteiger partial charge is 0.354 e. The Kier molecular flexibility index (Phi) is 3.75. The van der Waals surface area contributed by atoms with Crippen molar-refractivity contribution in [3.8, 4) is 0 Å². The summed E-state index contributed by atoms with van der Waals surface area (Å²) in [6.07, 6.45) is 5.33. The van der Waals surface area contributed by atoms with Crippen LogP contribution in [0.3, 0.4) is 0 Å². The normalized spacial score (nSPS) is 20.8. The van der Waals surface area contributed by atoms with E-state index in [-0.39, 0.29) is 5.96 Å². The lowest BCUT2D eigenvalue weighted by atomic mass is 9.95. The Bertz CT molecular complexity index is 615. The van der Waals surface area contributed by atoms with Crippen LogP contribution in [-0.4, -0.2) is 24.0 Å². The molecule has 1 aromatic heterocycles. The molecule has 7 nitrogen and oxygen atoms in total. The quantitative estimate of drug-likeness (QED) is 0.424. The molecule has 1 aliphatic rings. The molecule has 0 amide bonds. The number of aliphatic imine (C=N–C) groups is 1. The van der Waals surface area contributed by atoms with Gasteiger partial charge in [0.05, 0.1) is 18.3 Å². The first-order valence-corrected chi connectivity index (χ1v) is 6.64. The topological polar surface area (TPSA) is 116 Å². The third-order valence-electron chi connectivity index (χ3n) is 2.74. The molecule has 0 radical (unpaired) electrons. The van der Waals surface area contributed by atoms with Crippen LogP contribution >= 0.6 is 11.3 Å². The van der Waals surface area contributed by atoms with Crippen LogP contribution in [0.25, 0.3) is 0 Å². The average Bonchev–Trinajstić information content (AvgIpc) is 2.86. The Balaban J connectivity index is 2.26. The molecule has 106 valence electrons. The van der Waals surface area contributed by atoms with Crippen molar-refractivity contribution in [1.29, 1.82) is 0 Å². The van der Waals surface area contributed by atoms with E-state index in [0.29, 0.717) is 16.5 Å². The summed E-state index contributed by atoms with van der Waals surface area (Å²) >= 11 is 1.32. The van der Waals surface area contributed by atoms with Gasteiger partial charge < -0.3 is 21.5 Å². The number of nitrogens with two attached hydrogens (primary N) is 2. The number of nitrogens with zero attached hydrogens (tertiary/aromatic N) is 2. The van der Waals surface area contributed by atoms with Crippen LogP contribution < -0.4 is 16.8 Å². The van der Waals surface area contributed by atoms with E-state index in [1.807, 2.05) is 18.4 Å². The summed E-state index contributed by atoms with van der Waals surface area (Å²) in [6, 6.07) is 0. The number of dihydropyridines is 1. The number of carbonyl (C=O) groups excluding carboxylic acids is 1. The number of nitrogens with one attached hydrogen (secondary N) is 1. The number of ether oxygens (including phenoxy) is 1. The standard InChI is InChI=1S/C12H15N5O2S/c1-12(5-3-4-7(17-12)9(18)19-2)8-6-20-11(15-8)16-10(13)14/h3-6,17H,1-2H3,(H4,13,14,15,16). The van der Waals surface area contributed by atoms with Crippen LogP contribution in [0.15, 0.2) is 34.3 Å². The second-order valence-corrected chi connectivity index (χ2v) is 5.15. The van der Waals surface area contributed by atoms with E-state index in [0.717, 1.165) is 0 Å². The molecular weight excluding hydrogens is 278 g/mol. The predicted molar refractivity (Wildman–Crippen MR) is 77.3 cm³/mol. The van der Waals surface area contributed by atoms with Crippen molar-refractivity contribution in [1.82, 2.24) is 10.3 Å². The van der Waals surface area contributed by atoms with Crippen molar-refractivity contribution in [3.63, 3.8) is 0 Å². The summed E-state index contributed by atoms with van der Waals surface area (Å²) in [5.41, 5.74) is 11.1. The molecular formula is C12H15N5O2S. The summed E-state index contributed by atoms with van der Waals surface area (Å²) in [4.78, 5) is 19.8. The first-order valence-electron chi connectivity index (χ1n) is 5.76. The zero-order chi connectivity index (χ0) is 14.8. The Morgan fingerprint density at radius 3 is 2.95 bits per heavy atom. The van der Waals surface area contributed by atoms with Gasteiger partial charge in [-0.1, -0.05) is 12.2 Å². The van der Waals surface area contributed by atoms with Crippen molar-refractivity contribution < 1.29 is 9.53 Å². The van der Waals surface area contributed by atoms with Crippen LogP contribution in [0.4, 0.5) is 5.13 Å². The maximum Gasteiger partial charge on any atom is 0.354 e. The van der Waals surface area contributed by atoms with Gasteiger partial charge in [0.1, 0.15) is 5.70 Å². The number of carbonyl (C=O) groups is 1. The first-order chi connectivity index (χ1) is 9.44. The van der Waals surface area contributed by atoms with E-state index in [1.54, 1.807) is 12.2 Å². The fourth-order valence-electron chi connectivity index (χ4n) is 1.74. The van der Waals surface area contributed by atoms with Crippen LogP contribution in [0, 0.1) is 0 Å². The van der Waals surface area contributed by atoms with E-state index in [1.165, 1.54) is 18.4 Å². The number of hydrogen-bond donors (Lipinski definition) is 3. The highest BCUT2D eigenvalue weighted by molar-refractivity contribution is 7.13. The van der Waals surface area contributed by atoms with Gasteiger partial charge in [-0.3, -0.25) is 0 Å². The molecule has 2 rings (SSSR count). The molecule has 1 aliphatic heterocycles. The summed E-state index contributed by atoms with van der Waals surface area (Å²) in [6.45, 7) is 1.90. The van der Waals surface area contributed by atoms with Gasteiger partial charge >= 0.3 is 5.97 Å². The maximum atomic E-state index is 11.6. The van der Waals surface area contributed by atoms with E-state index < -0.39 is 11.5 Å². The van der Waals surface area contributed by atoms with E-state index in [9.17, 15) is 4.79 Å². The highest BCUT2D eigenvalue weighted by atomic mass is 32.1. The Morgan fingerprint density at radius 2 is 2.30 bits per heavy atom. The Labute approximate surface area is 120 Å². The molecule has 1 unspecified atom stereocenters. The second-order valence-electron chi connectivity index (χ2n) is 4.31. The molecule has 0 aliphatic carbocycles. The van der Waals surface area contributed by atoms with E-state index >= 15 is 0 Å². The molecule has 2 heterocycles. The molecule has 0 saturated heterocycles. The lowest BCUT2D eigenvalue weighted by Gasteiger charge is -2.29. The molecule has 1 atom stereocenters. The van der Waals surface area contributed by atoms with Crippen molar-refractivity contribution in [2.45, 2.75) is 12.5 Å². The van der Waals surface area contributed by atoms with Crippen LogP contribution in [0.2, 0.25) is 0 Å². The number of allylic oxidation sites excluding steroid dienone is 2. The molecule has 0 fully saturated rings. The van der Waals surface area contributed by atoms with Crippen molar-refractivity contribution in [3.05, 3.63) is 35.0 Å². The summed E-state index contributed by atoms with van der Waals surface area (Å²) in [5.74, 6) is -0.474. The molecule has 20 heavy (non-hydrogen) atoms. The fraction of sp³-hybridized carbons (Fsp3) is 0.250. The van der Waals surface area contributed by atoms with Gasteiger partial charge in [-0.05, 0) is 13.0 Å². The van der Waals surface area contributed by atoms with Gasteiger partial charge in [-0.15, -0.1) is 11.3 Å². The zero-order valence-electron chi connectivity index (χ0n) is 11.1. The minimum atomic E-state index is -0.619. The van der Waals surface area contributed by atoms with E-state index in [4.69, 9.17) is 16.2 Å². The number of esters is 1. The van der Waals surface area contributed by atoms with E-state index in [2.05, 4.69) is 15.3 Å². The van der Waals surface area contributed by atoms with Gasteiger partial charge in [-0.25, -0.2) is 9.78 Å². The predicted octanol–water partition coefficient (Wildman–Crippen LogP) is 0.480. The summed E-state index contributed by atoms with van der Waals surface area (Å²) < 4.78 is 4.70. The number of aromatic nitrogens is 1. The van der Waals surface area contributed by atoms with Crippen molar-refractivity contribution in [2.24, 2.45) is 16.5 Å². The Morgan fingerprint density at radius 1 is 1.55 bits per heavy atom. The average molecular weight is 293 g/mol. The first kappa shape index (κ1) is 14.1. The molecule has 0 bridgehead atoms. The summed E-state index contributed by atoms with van der Waals surface area (Å²) in [5, 5.41) is 5.39. The lowest BCUT2D eigenvalue weighted by molar-refractivity contribution is -0.136. The van der Waals surface area contributed by atoms with Gasteiger partial charge in [0.2, 0.25) is 5.13 Å². The Hall–Kier alpha value is -2.35. The third kappa shape index (κ3) is 2.80. The monoisotopic (exact) mass is 293 g/mol. The number of methoxy groups -OCH3 is 1. The highest BCUT2D eigenvalue weighted by Crippen LogP contribution is 2.30. The summed E-state index contributed by atoms with van der Waals surface area (Å²) in [7, 11) is 1.33. The van der Waals surface area contributed by atoms with Crippen LogP contribution in [-0.2, 0) is 15.1 Å². The van der Waals surface area contributed by atoms with Crippen molar-refractivity contribution >= 4 is 28.4 Å². The number of thiazole rings is 1. The third-order valence-corrected chi connectivity index (χ3v) is 3.48. The lowest BCUT2D eigenvalue weighted by Crippen LogP contribution is -2.41. The minimum absolute atomic E-state index is 0.0432. The number of rotatable bonds is 3. The van der Waals surface area contributed by atoms with Gasteiger partial charge in [0.25, 0.3) is 0 Å². The van der Waals surface area contributed by atoms with Gasteiger partial charge in [0.15, 0.2) is 5.96 Å². The number of hydrogen-bond acceptors (Lipinski definition) is 6. The molecule has 0 aromatic carbocycles. The molecule has 0 spiro atoms. The van der Waals surface area contributed by atoms with Gasteiger partial charge in [-0.2, -0.15) is 4.99 Å². The number of guanidine groups is 1. The van der Waals surface area contributed by atoms with Crippen molar-refractivity contribution in [2.75, 3.05) is 7.11 Å². The van der Waals surface area contributed by atoms with Crippen LogP contribution in [0.1, 0.15) is 12.6 Å².